The molecule has 100 valence electrons. The second kappa shape index (κ2) is 7.07. The van der Waals surface area contributed by atoms with Crippen LogP contribution < -0.4 is 10.6 Å². The summed E-state index contributed by atoms with van der Waals surface area (Å²) < 4.78 is 7.22. The smallest absolute Gasteiger partial charge is 0.222 e. The Labute approximate surface area is 106 Å². The van der Waals surface area contributed by atoms with Gasteiger partial charge in [-0.2, -0.15) is 0 Å². The zero-order valence-electron chi connectivity index (χ0n) is 10.3. The van der Waals surface area contributed by atoms with Gasteiger partial charge < -0.3 is 15.4 Å². The van der Waals surface area contributed by atoms with Gasteiger partial charge in [-0.3, -0.25) is 9.48 Å². The summed E-state index contributed by atoms with van der Waals surface area (Å²) in [6.07, 6.45) is 4.74. The first-order valence-electron chi connectivity index (χ1n) is 6.28. The fourth-order valence-corrected chi connectivity index (χ4v) is 1.85. The van der Waals surface area contributed by atoms with Crippen LogP contribution in [0.25, 0.3) is 0 Å². The Balaban J connectivity index is 1.54. The van der Waals surface area contributed by atoms with Gasteiger partial charge in [0.05, 0.1) is 25.3 Å². The maximum absolute atomic E-state index is 11.6. The summed E-state index contributed by atoms with van der Waals surface area (Å²) in [6, 6.07) is 0. The quantitative estimate of drug-likeness (QED) is 0.646. The van der Waals surface area contributed by atoms with Gasteiger partial charge >= 0.3 is 0 Å². The maximum Gasteiger partial charge on any atom is 0.222 e. The minimum Gasteiger partial charge on any atom is -0.375 e. The topological polar surface area (TPSA) is 81.1 Å². The standard InChI is InChI=1S/C11H19N5O2/c17-11(8-10-9-12-4-7-18-10)13-2-1-5-16-6-3-14-15-16/h3,6,10,12H,1-2,4-5,7-9H2,(H,13,17). The number of rotatable bonds is 6. The third-order valence-electron chi connectivity index (χ3n) is 2.78. The number of ether oxygens (including phenoxy) is 1. The van der Waals surface area contributed by atoms with E-state index in [1.165, 1.54) is 0 Å². The van der Waals surface area contributed by atoms with Crippen molar-refractivity contribution in [1.82, 2.24) is 25.6 Å². The Morgan fingerprint density at radius 2 is 2.56 bits per heavy atom. The lowest BCUT2D eigenvalue weighted by Crippen LogP contribution is -2.41. The summed E-state index contributed by atoms with van der Waals surface area (Å²) in [4.78, 5) is 11.6. The summed E-state index contributed by atoms with van der Waals surface area (Å²) >= 11 is 0. The van der Waals surface area contributed by atoms with E-state index >= 15 is 0 Å². The first-order chi connectivity index (χ1) is 8.84. The highest BCUT2D eigenvalue weighted by atomic mass is 16.5. The molecule has 2 N–H and O–H groups in total. The lowest BCUT2D eigenvalue weighted by Gasteiger charge is -2.23. The molecular weight excluding hydrogens is 234 g/mol. The first-order valence-corrected chi connectivity index (χ1v) is 6.28. The van der Waals surface area contributed by atoms with Crippen molar-refractivity contribution in [3.63, 3.8) is 0 Å². The van der Waals surface area contributed by atoms with Gasteiger partial charge in [0.2, 0.25) is 5.91 Å². The van der Waals surface area contributed by atoms with E-state index in [2.05, 4.69) is 20.9 Å². The molecule has 1 fully saturated rings. The molecule has 1 aliphatic rings. The van der Waals surface area contributed by atoms with Crippen LogP contribution in [0, 0.1) is 0 Å². The average Bonchev–Trinajstić information content (AvgIpc) is 2.89. The largest absolute Gasteiger partial charge is 0.375 e. The molecule has 0 aromatic carbocycles. The molecule has 0 radical (unpaired) electrons. The van der Waals surface area contributed by atoms with E-state index in [0.29, 0.717) is 19.6 Å². The molecule has 0 aliphatic carbocycles. The van der Waals surface area contributed by atoms with Crippen molar-refractivity contribution in [3.05, 3.63) is 12.4 Å². The van der Waals surface area contributed by atoms with Crippen molar-refractivity contribution >= 4 is 5.91 Å². The maximum atomic E-state index is 11.6. The lowest BCUT2D eigenvalue weighted by atomic mass is 10.2. The Hall–Kier alpha value is -1.47. The van der Waals surface area contributed by atoms with E-state index in [9.17, 15) is 4.79 Å². The highest BCUT2D eigenvalue weighted by Gasteiger charge is 2.16. The number of amides is 1. The third kappa shape index (κ3) is 4.42. The van der Waals surface area contributed by atoms with Gasteiger partial charge in [0.15, 0.2) is 0 Å². The normalized spacial score (nSPS) is 19.7. The number of morpholine rings is 1. The van der Waals surface area contributed by atoms with Crippen molar-refractivity contribution in [2.45, 2.75) is 25.5 Å². The number of carbonyl (C=O) groups is 1. The fourth-order valence-electron chi connectivity index (χ4n) is 1.85. The van der Waals surface area contributed by atoms with E-state index in [-0.39, 0.29) is 12.0 Å². The van der Waals surface area contributed by atoms with Crippen LogP contribution in [0.4, 0.5) is 0 Å². The Morgan fingerprint density at radius 1 is 1.61 bits per heavy atom. The van der Waals surface area contributed by atoms with Crippen molar-refractivity contribution in [3.8, 4) is 0 Å². The first kappa shape index (κ1) is 13.0. The van der Waals surface area contributed by atoms with Crippen LogP contribution in [0.15, 0.2) is 12.4 Å². The monoisotopic (exact) mass is 253 g/mol. The van der Waals surface area contributed by atoms with E-state index in [1.54, 1.807) is 10.9 Å². The second-order valence-electron chi connectivity index (χ2n) is 4.27. The van der Waals surface area contributed by atoms with Crippen LogP contribution in [0.1, 0.15) is 12.8 Å². The van der Waals surface area contributed by atoms with Gasteiger partial charge in [-0.15, -0.1) is 5.10 Å². The number of aryl methyl sites for hydroxylation is 1. The molecule has 1 saturated heterocycles. The van der Waals surface area contributed by atoms with Gasteiger partial charge in [0.1, 0.15) is 0 Å². The van der Waals surface area contributed by atoms with E-state index in [4.69, 9.17) is 4.74 Å². The summed E-state index contributed by atoms with van der Waals surface area (Å²) in [5.74, 6) is 0.0438. The predicted octanol–water partition coefficient (Wildman–Crippen LogP) is -0.837. The zero-order chi connectivity index (χ0) is 12.6. The number of hydrogen-bond donors (Lipinski definition) is 2. The molecule has 1 aliphatic heterocycles. The number of aromatic nitrogens is 3. The third-order valence-corrected chi connectivity index (χ3v) is 2.78. The van der Waals surface area contributed by atoms with Crippen molar-refractivity contribution < 1.29 is 9.53 Å². The highest BCUT2D eigenvalue weighted by Crippen LogP contribution is 2.00. The van der Waals surface area contributed by atoms with Gasteiger partial charge in [-0.1, -0.05) is 5.21 Å². The fraction of sp³-hybridized carbons (Fsp3) is 0.727. The molecule has 1 atom stereocenters. The van der Waals surface area contributed by atoms with Gasteiger partial charge in [0.25, 0.3) is 0 Å². The molecular formula is C11H19N5O2. The predicted molar refractivity (Wildman–Crippen MR) is 64.9 cm³/mol. The molecule has 1 aromatic heterocycles. The Kier molecular flexibility index (Phi) is 5.10. The summed E-state index contributed by atoms with van der Waals surface area (Å²) in [5, 5.41) is 13.7. The molecule has 0 bridgehead atoms. The molecule has 7 heteroatoms. The molecule has 1 unspecified atom stereocenters. The molecule has 0 saturated carbocycles. The van der Waals surface area contributed by atoms with Crippen molar-refractivity contribution in [2.75, 3.05) is 26.2 Å². The van der Waals surface area contributed by atoms with Crippen LogP contribution in [0.3, 0.4) is 0 Å². The molecule has 0 spiro atoms. The summed E-state index contributed by atoms with van der Waals surface area (Å²) in [6.45, 7) is 3.73. The van der Waals surface area contributed by atoms with Crippen molar-refractivity contribution in [2.24, 2.45) is 0 Å². The summed E-state index contributed by atoms with van der Waals surface area (Å²) in [7, 11) is 0. The average molecular weight is 253 g/mol. The Bertz CT molecular complexity index is 348. The van der Waals surface area contributed by atoms with E-state index in [1.807, 2.05) is 6.20 Å². The van der Waals surface area contributed by atoms with Gasteiger partial charge in [-0.25, -0.2) is 0 Å². The van der Waals surface area contributed by atoms with E-state index < -0.39 is 0 Å². The molecule has 2 rings (SSSR count). The zero-order valence-corrected chi connectivity index (χ0v) is 10.3. The van der Waals surface area contributed by atoms with Crippen LogP contribution in [-0.2, 0) is 16.1 Å². The van der Waals surface area contributed by atoms with Crippen LogP contribution >= 0.6 is 0 Å². The molecule has 7 nitrogen and oxygen atoms in total. The van der Waals surface area contributed by atoms with Crippen LogP contribution in [-0.4, -0.2) is 53.2 Å². The van der Waals surface area contributed by atoms with E-state index in [0.717, 1.165) is 26.1 Å². The number of hydrogen-bond acceptors (Lipinski definition) is 5. The van der Waals surface area contributed by atoms with Crippen molar-refractivity contribution in [1.29, 1.82) is 0 Å². The van der Waals surface area contributed by atoms with Crippen LogP contribution in [0.5, 0.6) is 0 Å². The molecule has 1 amide bonds. The molecule has 18 heavy (non-hydrogen) atoms. The number of nitrogens with one attached hydrogen (secondary N) is 2. The van der Waals surface area contributed by atoms with Gasteiger partial charge in [0, 0.05) is 32.4 Å². The number of nitrogens with zero attached hydrogens (tertiary/aromatic N) is 3. The number of carbonyl (C=O) groups excluding carboxylic acids is 1. The van der Waals surface area contributed by atoms with Gasteiger partial charge in [-0.05, 0) is 6.42 Å². The Morgan fingerprint density at radius 3 is 3.28 bits per heavy atom. The highest BCUT2D eigenvalue weighted by molar-refractivity contribution is 5.76. The second-order valence-corrected chi connectivity index (χ2v) is 4.27. The SMILES string of the molecule is O=C(CC1CNCCO1)NCCCn1ccnn1. The minimum atomic E-state index is 0.00839. The molecule has 2 heterocycles. The van der Waals surface area contributed by atoms with Crippen LogP contribution in [0.2, 0.25) is 0 Å². The minimum absolute atomic E-state index is 0.00839. The summed E-state index contributed by atoms with van der Waals surface area (Å²) in [5.41, 5.74) is 0. The lowest BCUT2D eigenvalue weighted by molar-refractivity contribution is -0.124. The molecule has 1 aromatic rings.